The number of nitrogens with zero attached hydrogens (tertiary/aromatic N) is 3. The summed E-state index contributed by atoms with van der Waals surface area (Å²) in [7, 11) is 0. The largest absolute Gasteiger partial charge is 0.384 e. The Bertz CT molecular complexity index is 1430. The molecule has 5 rings (SSSR count). The molecule has 3 N–H and O–H groups in total. The number of nitrogens with two attached hydrogens (primary N) is 1. The fraction of sp³-hybridized carbons (Fsp3) is 0.160. The molecule has 11 heteroatoms. The number of nitrogens with one attached hydrogen (secondary N) is 1. The van der Waals surface area contributed by atoms with Gasteiger partial charge in [-0.15, -0.1) is 11.3 Å². The van der Waals surface area contributed by atoms with Crippen LogP contribution in [0.2, 0.25) is 0 Å². The second kappa shape index (κ2) is 9.34. The maximum atomic E-state index is 13.7. The minimum Gasteiger partial charge on any atom is -0.384 e. The van der Waals surface area contributed by atoms with Gasteiger partial charge < -0.3 is 5.73 Å². The van der Waals surface area contributed by atoms with E-state index in [1.54, 1.807) is 16.3 Å². The molecular formula is C25H20FN5O4S. The summed E-state index contributed by atoms with van der Waals surface area (Å²) in [6.45, 7) is 0. The molecule has 1 aromatic heterocycles. The van der Waals surface area contributed by atoms with Crippen LogP contribution in [0.5, 0.6) is 0 Å². The van der Waals surface area contributed by atoms with Crippen molar-refractivity contribution >= 4 is 39.5 Å². The summed E-state index contributed by atoms with van der Waals surface area (Å²) in [4.78, 5) is 43.7. The normalized spacial score (nSPS) is 17.8. The molecule has 1 aliphatic heterocycles. The van der Waals surface area contributed by atoms with E-state index in [0.717, 1.165) is 0 Å². The minimum atomic E-state index is -0.927. The number of anilines is 2. The van der Waals surface area contributed by atoms with E-state index < -0.39 is 22.6 Å². The molecule has 0 spiro atoms. The molecule has 36 heavy (non-hydrogen) atoms. The first-order chi connectivity index (χ1) is 17.3. The monoisotopic (exact) mass is 505 g/mol. The Morgan fingerprint density at radius 1 is 1.22 bits per heavy atom. The third kappa shape index (κ3) is 4.13. The van der Waals surface area contributed by atoms with Crippen molar-refractivity contribution in [1.29, 1.82) is 0 Å². The second-order valence-corrected chi connectivity index (χ2v) is 9.22. The van der Waals surface area contributed by atoms with E-state index in [-0.39, 0.29) is 29.3 Å². The Balaban J connectivity index is 1.75. The SMILES string of the molecule is NC1=C(C(=O)Nc2nccs2)[C@@H](c2cccc([N+](=O)[O-])c2)C2=C(CCCC2=O)N1c1ccc(F)cc1. The number of halogens is 1. The number of non-ortho nitro benzene ring substituents is 1. The number of nitro benzene ring substituents is 1. The molecule has 1 amide bonds. The van der Waals surface area contributed by atoms with Crippen molar-refractivity contribution in [2.45, 2.75) is 25.2 Å². The summed E-state index contributed by atoms with van der Waals surface area (Å²) in [5.41, 5.74) is 8.39. The molecule has 0 saturated carbocycles. The number of allylic oxidation sites excluding steroid dienone is 2. The summed E-state index contributed by atoms with van der Waals surface area (Å²) in [5, 5.41) is 16.3. The van der Waals surface area contributed by atoms with Crippen molar-refractivity contribution < 1.29 is 18.9 Å². The zero-order valence-corrected chi connectivity index (χ0v) is 19.6. The van der Waals surface area contributed by atoms with Crippen LogP contribution in [0.1, 0.15) is 30.7 Å². The Morgan fingerprint density at radius 3 is 2.69 bits per heavy atom. The number of carbonyl (C=O) groups excluding carboxylic acids is 2. The maximum absolute atomic E-state index is 13.7. The van der Waals surface area contributed by atoms with Crippen LogP contribution >= 0.6 is 11.3 Å². The van der Waals surface area contributed by atoms with Crippen LogP contribution in [0.15, 0.2) is 82.8 Å². The summed E-state index contributed by atoms with van der Waals surface area (Å²) in [6.07, 6.45) is 2.87. The fourth-order valence-corrected chi connectivity index (χ4v) is 5.22. The Morgan fingerprint density at radius 2 is 2.00 bits per heavy atom. The van der Waals surface area contributed by atoms with Crippen LogP contribution in [0, 0.1) is 15.9 Å². The summed E-state index contributed by atoms with van der Waals surface area (Å²) >= 11 is 1.21. The van der Waals surface area contributed by atoms with Crippen molar-refractivity contribution in [3.05, 3.63) is 104 Å². The fourth-order valence-electron chi connectivity index (χ4n) is 4.70. The number of ketones is 1. The predicted molar refractivity (Wildman–Crippen MR) is 133 cm³/mol. The third-order valence-corrected chi connectivity index (χ3v) is 6.88. The van der Waals surface area contributed by atoms with Gasteiger partial charge in [0.05, 0.1) is 10.5 Å². The smallest absolute Gasteiger partial charge is 0.269 e. The van der Waals surface area contributed by atoms with Crippen LogP contribution in [0.25, 0.3) is 0 Å². The van der Waals surface area contributed by atoms with Crippen molar-refractivity contribution in [1.82, 2.24) is 4.98 Å². The van der Waals surface area contributed by atoms with Crippen LogP contribution in [0.3, 0.4) is 0 Å². The van der Waals surface area contributed by atoms with Gasteiger partial charge in [-0.3, -0.25) is 29.9 Å². The lowest BCUT2D eigenvalue weighted by molar-refractivity contribution is -0.384. The lowest BCUT2D eigenvalue weighted by Gasteiger charge is -2.40. The molecule has 0 bridgehead atoms. The average Bonchev–Trinajstić information content (AvgIpc) is 3.37. The molecule has 0 radical (unpaired) electrons. The predicted octanol–water partition coefficient (Wildman–Crippen LogP) is 4.61. The third-order valence-electron chi connectivity index (χ3n) is 6.19. The van der Waals surface area contributed by atoms with Crippen LogP contribution in [0.4, 0.5) is 20.9 Å². The standard InChI is InChI=1S/C25H20FN5O4S/c26-15-7-9-16(10-8-15)30-18-5-2-6-19(32)21(18)20(14-3-1-4-17(13-14)31(34)35)22(23(30)27)24(33)29-25-28-11-12-36-25/h1,3-4,7-13,20H,2,5-6,27H2,(H,28,29,33)/t20-/m0/s1. The average molecular weight is 506 g/mol. The zero-order valence-electron chi connectivity index (χ0n) is 18.8. The van der Waals surface area contributed by atoms with Crippen molar-refractivity contribution in [3.8, 4) is 0 Å². The second-order valence-electron chi connectivity index (χ2n) is 8.32. The first-order valence-electron chi connectivity index (χ1n) is 11.1. The molecule has 2 heterocycles. The van der Waals surface area contributed by atoms with Crippen LogP contribution in [-0.4, -0.2) is 21.6 Å². The van der Waals surface area contributed by atoms with Gasteiger partial charge in [-0.05, 0) is 42.7 Å². The minimum absolute atomic E-state index is 0.0561. The number of rotatable bonds is 5. The summed E-state index contributed by atoms with van der Waals surface area (Å²) in [6, 6.07) is 11.4. The molecule has 0 unspecified atom stereocenters. The number of amides is 1. The van der Waals surface area contributed by atoms with Gasteiger partial charge in [0.2, 0.25) is 0 Å². The number of aromatic nitrogens is 1. The molecule has 9 nitrogen and oxygen atoms in total. The summed E-state index contributed by atoms with van der Waals surface area (Å²) in [5.74, 6) is -2.07. The van der Waals surface area contributed by atoms with Crippen LogP contribution < -0.4 is 16.0 Å². The molecule has 3 aromatic rings. The zero-order chi connectivity index (χ0) is 25.4. The van der Waals surface area contributed by atoms with Gasteiger partial charge in [-0.25, -0.2) is 9.37 Å². The van der Waals surface area contributed by atoms with E-state index in [4.69, 9.17) is 5.73 Å². The number of hydrogen-bond donors (Lipinski definition) is 2. The Labute approximate surface area is 208 Å². The quantitative estimate of drug-likeness (QED) is 0.382. The van der Waals surface area contributed by atoms with Crippen LogP contribution in [-0.2, 0) is 9.59 Å². The number of carbonyl (C=O) groups is 2. The highest BCUT2D eigenvalue weighted by Crippen LogP contribution is 2.47. The van der Waals surface area contributed by atoms with E-state index in [9.17, 15) is 24.1 Å². The molecule has 1 atom stereocenters. The number of benzene rings is 2. The molecular weight excluding hydrogens is 485 g/mol. The van der Waals surface area contributed by atoms with Gasteiger partial charge in [0.15, 0.2) is 10.9 Å². The van der Waals surface area contributed by atoms with Gasteiger partial charge in [-0.2, -0.15) is 0 Å². The Hall–Kier alpha value is -4.38. The number of Topliss-reactive ketones (excluding diaryl/α,β-unsaturated/α-hetero) is 1. The molecule has 0 saturated heterocycles. The van der Waals surface area contributed by atoms with E-state index in [1.807, 2.05) is 0 Å². The highest BCUT2D eigenvalue weighted by atomic mass is 32.1. The first-order valence-corrected chi connectivity index (χ1v) is 12.0. The Kier molecular flexibility index (Phi) is 6.06. The lowest BCUT2D eigenvalue weighted by atomic mass is 9.75. The highest BCUT2D eigenvalue weighted by molar-refractivity contribution is 7.13. The first kappa shape index (κ1) is 23.4. The number of hydrogen-bond acceptors (Lipinski definition) is 8. The topological polar surface area (TPSA) is 131 Å². The summed E-state index contributed by atoms with van der Waals surface area (Å²) < 4.78 is 13.7. The maximum Gasteiger partial charge on any atom is 0.269 e. The molecule has 1 aliphatic carbocycles. The van der Waals surface area contributed by atoms with Gasteiger partial charge in [0.25, 0.3) is 11.6 Å². The van der Waals surface area contributed by atoms with E-state index in [0.29, 0.717) is 40.5 Å². The molecule has 0 fully saturated rings. The molecule has 2 aliphatic rings. The van der Waals surface area contributed by atoms with E-state index in [1.165, 1.54) is 60.0 Å². The van der Waals surface area contributed by atoms with Crippen molar-refractivity contribution in [2.75, 3.05) is 10.2 Å². The van der Waals surface area contributed by atoms with Gasteiger partial charge in [-0.1, -0.05) is 12.1 Å². The van der Waals surface area contributed by atoms with E-state index in [2.05, 4.69) is 10.3 Å². The molecule has 182 valence electrons. The van der Waals surface area contributed by atoms with Crippen molar-refractivity contribution in [2.24, 2.45) is 5.73 Å². The van der Waals surface area contributed by atoms with Gasteiger partial charge >= 0.3 is 0 Å². The highest BCUT2D eigenvalue weighted by Gasteiger charge is 2.43. The molecule has 2 aromatic carbocycles. The van der Waals surface area contributed by atoms with Crippen molar-refractivity contribution in [3.63, 3.8) is 0 Å². The lowest BCUT2D eigenvalue weighted by Crippen LogP contribution is -2.41. The van der Waals surface area contributed by atoms with E-state index >= 15 is 0 Å². The number of nitro groups is 1. The van der Waals surface area contributed by atoms with Gasteiger partial charge in [0, 0.05) is 53.0 Å². The van der Waals surface area contributed by atoms with Gasteiger partial charge in [0.1, 0.15) is 11.6 Å². The number of thiazole rings is 1.